The van der Waals surface area contributed by atoms with Gasteiger partial charge in [-0.15, -0.1) is 0 Å². The van der Waals surface area contributed by atoms with E-state index in [-0.39, 0.29) is 35.7 Å². The fraction of sp³-hybridized carbons (Fsp3) is 0.286. The Morgan fingerprint density at radius 3 is 1.85 bits per heavy atom. The first-order valence-corrected chi connectivity index (χ1v) is 9.81. The predicted molar refractivity (Wildman–Crippen MR) is 111 cm³/mol. The smallest absolute Gasteiger partial charge is 0.338 e. The van der Waals surface area contributed by atoms with Gasteiger partial charge in [-0.3, -0.25) is 25.0 Å². The van der Waals surface area contributed by atoms with E-state index in [1.54, 1.807) is 0 Å². The summed E-state index contributed by atoms with van der Waals surface area (Å²) in [4.78, 5) is 56.5. The van der Waals surface area contributed by atoms with Crippen LogP contribution >= 0.6 is 0 Å². The molecule has 3 rings (SSSR count). The summed E-state index contributed by atoms with van der Waals surface area (Å²) in [7, 11) is 0. The second kappa shape index (κ2) is 10.5. The van der Waals surface area contributed by atoms with Gasteiger partial charge in [-0.05, 0) is 24.3 Å². The van der Waals surface area contributed by atoms with Crippen molar-refractivity contribution in [2.24, 2.45) is 5.92 Å². The molecule has 13 nitrogen and oxygen atoms in total. The molecule has 1 heterocycles. The van der Waals surface area contributed by atoms with Gasteiger partial charge < -0.3 is 18.9 Å². The monoisotopic (exact) mass is 474 g/mol. The first-order valence-electron chi connectivity index (χ1n) is 9.81. The van der Waals surface area contributed by atoms with Crippen molar-refractivity contribution in [1.29, 1.82) is 0 Å². The van der Waals surface area contributed by atoms with E-state index in [1.165, 1.54) is 24.3 Å². The van der Waals surface area contributed by atoms with Crippen LogP contribution in [0.4, 0.5) is 11.4 Å². The number of hydrogen-bond donors (Lipinski definition) is 0. The molecule has 0 aromatic heterocycles. The number of nitrogens with zero attached hydrogens (tertiary/aromatic N) is 2. The van der Waals surface area contributed by atoms with Crippen LogP contribution in [0.25, 0.3) is 0 Å². The van der Waals surface area contributed by atoms with Crippen LogP contribution in [-0.2, 0) is 23.7 Å². The largest absolute Gasteiger partial charge is 0.462 e. The second-order valence-corrected chi connectivity index (χ2v) is 7.15. The maximum atomic E-state index is 12.6. The summed E-state index contributed by atoms with van der Waals surface area (Å²) in [5.41, 5.74) is -0.320. The van der Waals surface area contributed by atoms with Gasteiger partial charge in [0.05, 0.1) is 33.5 Å². The lowest BCUT2D eigenvalue weighted by atomic mass is 10.1. The fourth-order valence-electron chi connectivity index (χ4n) is 3.09. The van der Waals surface area contributed by atoms with E-state index in [4.69, 9.17) is 18.9 Å². The predicted octanol–water partition coefficient (Wildman–Crippen LogP) is 2.42. The van der Waals surface area contributed by atoms with Gasteiger partial charge in [0.2, 0.25) is 6.29 Å². The van der Waals surface area contributed by atoms with Crippen LogP contribution in [0.1, 0.15) is 27.6 Å². The van der Waals surface area contributed by atoms with Crippen molar-refractivity contribution in [3.63, 3.8) is 0 Å². The van der Waals surface area contributed by atoms with Crippen molar-refractivity contribution in [3.8, 4) is 0 Å². The minimum absolute atomic E-state index is 0.0145. The average molecular weight is 474 g/mol. The van der Waals surface area contributed by atoms with Gasteiger partial charge in [0.25, 0.3) is 11.4 Å². The third kappa shape index (κ3) is 5.89. The summed E-state index contributed by atoms with van der Waals surface area (Å²) in [5, 5.41) is 21.5. The van der Waals surface area contributed by atoms with E-state index < -0.39 is 46.1 Å². The molecule has 1 fully saturated rings. The van der Waals surface area contributed by atoms with Crippen molar-refractivity contribution in [2.45, 2.75) is 19.3 Å². The number of carbonyl (C=O) groups is 3. The highest BCUT2D eigenvalue weighted by atomic mass is 16.7. The summed E-state index contributed by atoms with van der Waals surface area (Å²) < 4.78 is 21.1. The molecule has 0 spiro atoms. The zero-order valence-corrected chi connectivity index (χ0v) is 17.7. The molecule has 2 aromatic carbocycles. The second-order valence-electron chi connectivity index (χ2n) is 7.15. The minimum Gasteiger partial charge on any atom is -0.462 e. The van der Waals surface area contributed by atoms with Gasteiger partial charge in [-0.25, -0.2) is 9.59 Å². The molecule has 0 radical (unpaired) electrons. The van der Waals surface area contributed by atoms with Crippen LogP contribution in [0.15, 0.2) is 48.5 Å². The molecule has 0 amide bonds. The van der Waals surface area contributed by atoms with Gasteiger partial charge in [0.1, 0.15) is 6.61 Å². The molecule has 0 bridgehead atoms. The van der Waals surface area contributed by atoms with Crippen LogP contribution in [0.2, 0.25) is 0 Å². The Bertz CT molecular complexity index is 1100. The van der Waals surface area contributed by atoms with Crippen LogP contribution in [0, 0.1) is 26.1 Å². The third-order valence-corrected chi connectivity index (χ3v) is 4.79. The Kier molecular flexibility index (Phi) is 7.48. The quantitative estimate of drug-likeness (QED) is 0.238. The molecule has 3 unspecified atom stereocenters. The maximum Gasteiger partial charge on any atom is 0.338 e. The van der Waals surface area contributed by atoms with Crippen LogP contribution in [0.5, 0.6) is 0 Å². The number of esters is 3. The number of hydrogen-bond acceptors (Lipinski definition) is 11. The molecule has 13 heteroatoms. The molecular weight excluding hydrogens is 456 g/mol. The van der Waals surface area contributed by atoms with Gasteiger partial charge >= 0.3 is 17.9 Å². The van der Waals surface area contributed by atoms with Crippen molar-refractivity contribution in [3.05, 3.63) is 79.9 Å². The molecule has 1 aliphatic heterocycles. The minimum atomic E-state index is -1.25. The number of nitro benzene ring substituents is 2. The third-order valence-electron chi connectivity index (χ3n) is 4.79. The average Bonchev–Trinajstić information content (AvgIpc) is 3.17. The van der Waals surface area contributed by atoms with Gasteiger partial charge in [0, 0.05) is 31.2 Å². The Morgan fingerprint density at radius 2 is 1.38 bits per heavy atom. The fourth-order valence-corrected chi connectivity index (χ4v) is 3.09. The molecule has 0 saturated carbocycles. The Balaban J connectivity index is 1.68. The highest BCUT2D eigenvalue weighted by molar-refractivity contribution is 5.90. The van der Waals surface area contributed by atoms with Crippen LogP contribution < -0.4 is 0 Å². The van der Waals surface area contributed by atoms with E-state index in [9.17, 15) is 34.6 Å². The van der Waals surface area contributed by atoms with Crippen molar-refractivity contribution < 1.29 is 43.2 Å². The lowest BCUT2D eigenvalue weighted by molar-refractivity contribution is -0.385. The summed E-state index contributed by atoms with van der Waals surface area (Å²) in [6.07, 6.45) is -2.38. The van der Waals surface area contributed by atoms with Gasteiger partial charge in [-0.1, -0.05) is 0 Å². The lowest BCUT2D eigenvalue weighted by Gasteiger charge is -2.22. The van der Waals surface area contributed by atoms with E-state index in [0.29, 0.717) is 0 Å². The normalized spacial score (nSPS) is 19.1. The first kappa shape index (κ1) is 24.3. The first-order chi connectivity index (χ1) is 16.2. The topological polar surface area (TPSA) is 174 Å². The maximum absolute atomic E-state index is 12.6. The number of ether oxygens (including phenoxy) is 4. The molecule has 1 aliphatic rings. The number of nitro groups is 2. The number of benzene rings is 2. The summed E-state index contributed by atoms with van der Waals surface area (Å²) in [6, 6.07) is 9.46. The van der Waals surface area contributed by atoms with Crippen molar-refractivity contribution >= 4 is 29.3 Å². The summed E-state index contributed by atoms with van der Waals surface area (Å²) in [6.45, 7) is 0.802. The van der Waals surface area contributed by atoms with E-state index in [1.807, 2.05) is 0 Å². The molecule has 178 valence electrons. The molecule has 3 atom stereocenters. The molecule has 0 N–H and O–H groups in total. The molecule has 0 aliphatic carbocycles. The number of carbonyl (C=O) groups excluding carboxylic acids is 3. The van der Waals surface area contributed by atoms with Crippen molar-refractivity contribution in [1.82, 2.24) is 0 Å². The van der Waals surface area contributed by atoms with Crippen molar-refractivity contribution in [2.75, 3.05) is 13.2 Å². The van der Waals surface area contributed by atoms with Gasteiger partial charge in [-0.2, -0.15) is 0 Å². The van der Waals surface area contributed by atoms with Crippen LogP contribution in [-0.4, -0.2) is 53.4 Å². The van der Waals surface area contributed by atoms with E-state index in [2.05, 4.69) is 0 Å². The van der Waals surface area contributed by atoms with Gasteiger partial charge in [0.15, 0.2) is 6.10 Å². The number of non-ortho nitro benzene ring substituents is 2. The van der Waals surface area contributed by atoms with Crippen LogP contribution in [0.3, 0.4) is 0 Å². The van der Waals surface area contributed by atoms with E-state index >= 15 is 0 Å². The zero-order chi connectivity index (χ0) is 24.8. The SMILES string of the molecule is CC(=O)OC1OCC(COC(=O)c2ccc([N+](=O)[O-])cc2)C1OC(=O)c1ccc([N+](=O)[O-])cc1. The highest BCUT2D eigenvalue weighted by Gasteiger charge is 2.43. The Labute approximate surface area is 191 Å². The molecule has 2 aromatic rings. The molecule has 1 saturated heterocycles. The Morgan fingerprint density at radius 1 is 0.882 bits per heavy atom. The van der Waals surface area contributed by atoms with E-state index in [0.717, 1.165) is 31.2 Å². The summed E-state index contributed by atoms with van der Waals surface area (Å²) in [5.74, 6) is -3.02. The Hall–Kier alpha value is -4.39. The summed E-state index contributed by atoms with van der Waals surface area (Å²) >= 11 is 0. The zero-order valence-electron chi connectivity index (χ0n) is 17.7. The molecular formula is C21H18N2O11. The number of rotatable bonds is 8. The highest BCUT2D eigenvalue weighted by Crippen LogP contribution is 2.27. The standard InChI is InChI=1S/C21H18N2O11/c1-12(24)33-21-18(34-20(26)14-4-8-17(9-5-14)23(29)30)15(11-32-21)10-31-19(25)13-2-6-16(7-3-13)22(27)28/h2-9,15,18,21H,10-11H2,1H3. The molecule has 34 heavy (non-hydrogen) atoms. The lowest BCUT2D eigenvalue weighted by Crippen LogP contribution is -2.37.